The van der Waals surface area contributed by atoms with Crippen LogP contribution in [-0.2, 0) is 0 Å². The van der Waals surface area contributed by atoms with Gasteiger partial charge in [0, 0.05) is 25.0 Å². The van der Waals surface area contributed by atoms with Gasteiger partial charge in [-0.1, -0.05) is 25.4 Å². The SMILES string of the molecule is CNCC1CCCN1C(=O)c1nc(C(C)C)ncc1Cl. The first-order chi connectivity index (χ1) is 9.54. The third-order valence-electron chi connectivity index (χ3n) is 3.56. The van der Waals surface area contributed by atoms with Gasteiger partial charge in [-0.25, -0.2) is 9.97 Å². The van der Waals surface area contributed by atoms with Crippen molar-refractivity contribution in [2.24, 2.45) is 0 Å². The highest BCUT2D eigenvalue weighted by molar-refractivity contribution is 6.33. The van der Waals surface area contributed by atoms with Crippen LogP contribution in [0.3, 0.4) is 0 Å². The first-order valence-electron chi connectivity index (χ1n) is 7.02. The van der Waals surface area contributed by atoms with E-state index in [1.54, 1.807) is 0 Å². The molecule has 0 aromatic carbocycles. The number of halogens is 1. The fourth-order valence-corrected chi connectivity index (χ4v) is 2.67. The summed E-state index contributed by atoms with van der Waals surface area (Å²) in [6, 6.07) is 0.223. The molecule has 1 aromatic heterocycles. The average molecular weight is 297 g/mol. The van der Waals surface area contributed by atoms with Crippen molar-refractivity contribution in [3.8, 4) is 0 Å². The van der Waals surface area contributed by atoms with Crippen LogP contribution in [0.5, 0.6) is 0 Å². The molecule has 0 saturated carbocycles. The van der Waals surface area contributed by atoms with Crippen molar-refractivity contribution in [2.75, 3.05) is 20.1 Å². The predicted molar refractivity (Wildman–Crippen MR) is 79.1 cm³/mol. The minimum absolute atomic E-state index is 0.0861. The Balaban J connectivity index is 2.26. The van der Waals surface area contributed by atoms with Gasteiger partial charge in [0.25, 0.3) is 5.91 Å². The molecule has 1 fully saturated rings. The first-order valence-corrected chi connectivity index (χ1v) is 7.40. The van der Waals surface area contributed by atoms with E-state index < -0.39 is 0 Å². The Kier molecular flexibility index (Phi) is 4.94. The van der Waals surface area contributed by atoms with E-state index in [0.717, 1.165) is 25.9 Å². The lowest BCUT2D eigenvalue weighted by Gasteiger charge is -2.24. The summed E-state index contributed by atoms with van der Waals surface area (Å²) in [6.45, 7) is 5.56. The Morgan fingerprint density at radius 1 is 1.60 bits per heavy atom. The summed E-state index contributed by atoms with van der Waals surface area (Å²) >= 11 is 6.11. The summed E-state index contributed by atoms with van der Waals surface area (Å²) in [5.41, 5.74) is 0.327. The van der Waals surface area contributed by atoms with Crippen molar-refractivity contribution in [1.29, 1.82) is 0 Å². The number of nitrogens with zero attached hydrogens (tertiary/aromatic N) is 3. The Hall–Kier alpha value is -1.20. The molecule has 0 radical (unpaired) electrons. The van der Waals surface area contributed by atoms with E-state index in [-0.39, 0.29) is 17.9 Å². The van der Waals surface area contributed by atoms with Crippen LogP contribution in [-0.4, -0.2) is 47.0 Å². The molecule has 0 aliphatic carbocycles. The average Bonchev–Trinajstić information content (AvgIpc) is 2.87. The van der Waals surface area contributed by atoms with Gasteiger partial charge in [0.2, 0.25) is 0 Å². The van der Waals surface area contributed by atoms with Crippen LogP contribution >= 0.6 is 11.6 Å². The Morgan fingerprint density at radius 3 is 3.00 bits per heavy atom. The van der Waals surface area contributed by atoms with Gasteiger partial charge in [-0.05, 0) is 19.9 Å². The van der Waals surface area contributed by atoms with Crippen molar-refractivity contribution >= 4 is 17.5 Å². The Bertz CT molecular complexity index is 492. The standard InChI is InChI=1S/C14H21ClN4O/c1-9(2)13-17-8-11(15)12(18-13)14(20)19-6-4-5-10(19)7-16-3/h8-10,16H,4-7H2,1-3H3. The molecular weight excluding hydrogens is 276 g/mol. The number of nitrogens with one attached hydrogen (secondary N) is 1. The van der Waals surface area contributed by atoms with Gasteiger partial charge in [0.15, 0.2) is 5.69 Å². The number of hydrogen-bond acceptors (Lipinski definition) is 4. The Morgan fingerprint density at radius 2 is 2.35 bits per heavy atom. The van der Waals surface area contributed by atoms with Crippen molar-refractivity contribution in [3.05, 3.63) is 22.7 Å². The molecule has 20 heavy (non-hydrogen) atoms. The molecular formula is C14H21ClN4O. The number of rotatable bonds is 4. The molecule has 1 N–H and O–H groups in total. The molecule has 1 aliphatic rings. The summed E-state index contributed by atoms with van der Waals surface area (Å²) < 4.78 is 0. The Labute approximate surface area is 124 Å². The maximum absolute atomic E-state index is 12.7. The van der Waals surface area contributed by atoms with E-state index in [1.807, 2.05) is 25.8 Å². The quantitative estimate of drug-likeness (QED) is 0.924. The number of likely N-dealkylation sites (N-methyl/N-ethyl adjacent to an activating group) is 1. The zero-order chi connectivity index (χ0) is 14.7. The lowest BCUT2D eigenvalue weighted by molar-refractivity contribution is 0.0730. The minimum Gasteiger partial charge on any atom is -0.333 e. The van der Waals surface area contributed by atoms with Gasteiger partial charge in [0.05, 0.1) is 11.2 Å². The third-order valence-corrected chi connectivity index (χ3v) is 3.84. The topological polar surface area (TPSA) is 58.1 Å². The molecule has 110 valence electrons. The van der Waals surface area contributed by atoms with Gasteiger partial charge in [0.1, 0.15) is 5.82 Å². The number of likely N-dealkylation sites (tertiary alicyclic amines) is 1. The van der Waals surface area contributed by atoms with Crippen LogP contribution in [0.25, 0.3) is 0 Å². The molecule has 2 rings (SSSR count). The zero-order valence-corrected chi connectivity index (χ0v) is 12.9. The number of carbonyl (C=O) groups is 1. The normalized spacial score (nSPS) is 18.9. The molecule has 0 spiro atoms. The zero-order valence-electron chi connectivity index (χ0n) is 12.2. The molecule has 1 saturated heterocycles. The van der Waals surface area contributed by atoms with Crippen molar-refractivity contribution < 1.29 is 4.79 Å². The molecule has 1 unspecified atom stereocenters. The summed E-state index contributed by atoms with van der Waals surface area (Å²) in [7, 11) is 1.90. The van der Waals surface area contributed by atoms with Crippen LogP contribution in [0, 0.1) is 0 Å². The molecule has 1 aliphatic heterocycles. The van der Waals surface area contributed by atoms with Crippen molar-refractivity contribution in [1.82, 2.24) is 20.2 Å². The van der Waals surface area contributed by atoms with E-state index in [9.17, 15) is 4.79 Å². The number of aromatic nitrogens is 2. The van der Waals surface area contributed by atoms with E-state index in [1.165, 1.54) is 6.20 Å². The highest BCUT2D eigenvalue weighted by Crippen LogP contribution is 2.23. The van der Waals surface area contributed by atoms with Crippen molar-refractivity contribution in [2.45, 2.75) is 38.6 Å². The third kappa shape index (κ3) is 3.10. The molecule has 5 nitrogen and oxygen atoms in total. The van der Waals surface area contributed by atoms with E-state index >= 15 is 0 Å². The minimum atomic E-state index is -0.0861. The maximum atomic E-state index is 12.7. The monoisotopic (exact) mass is 296 g/mol. The van der Waals surface area contributed by atoms with Gasteiger partial charge < -0.3 is 10.2 Å². The molecule has 1 aromatic rings. The van der Waals surface area contributed by atoms with Crippen LogP contribution in [0.15, 0.2) is 6.20 Å². The van der Waals surface area contributed by atoms with Crippen LogP contribution in [0.2, 0.25) is 5.02 Å². The fraction of sp³-hybridized carbons (Fsp3) is 0.643. The highest BCUT2D eigenvalue weighted by Gasteiger charge is 2.31. The highest BCUT2D eigenvalue weighted by atomic mass is 35.5. The summed E-state index contributed by atoms with van der Waals surface area (Å²) in [5, 5.41) is 3.46. The van der Waals surface area contributed by atoms with Gasteiger partial charge >= 0.3 is 0 Å². The predicted octanol–water partition coefficient (Wildman–Crippen LogP) is 2.08. The molecule has 2 heterocycles. The second kappa shape index (κ2) is 6.50. The summed E-state index contributed by atoms with van der Waals surface area (Å²) in [4.78, 5) is 23.1. The van der Waals surface area contributed by atoms with Gasteiger partial charge in [-0.2, -0.15) is 0 Å². The van der Waals surface area contributed by atoms with Crippen LogP contribution < -0.4 is 5.32 Å². The van der Waals surface area contributed by atoms with Crippen LogP contribution in [0.4, 0.5) is 0 Å². The number of hydrogen-bond donors (Lipinski definition) is 1. The lowest BCUT2D eigenvalue weighted by Crippen LogP contribution is -2.41. The van der Waals surface area contributed by atoms with E-state index in [2.05, 4.69) is 15.3 Å². The molecule has 0 bridgehead atoms. The maximum Gasteiger partial charge on any atom is 0.274 e. The van der Waals surface area contributed by atoms with Gasteiger partial charge in [-0.15, -0.1) is 0 Å². The number of carbonyl (C=O) groups excluding carboxylic acids is 1. The largest absolute Gasteiger partial charge is 0.333 e. The first kappa shape index (κ1) is 15.2. The van der Waals surface area contributed by atoms with Crippen molar-refractivity contribution in [3.63, 3.8) is 0 Å². The fourth-order valence-electron chi connectivity index (χ4n) is 2.50. The summed E-state index contributed by atoms with van der Waals surface area (Å²) in [6.07, 6.45) is 3.57. The van der Waals surface area contributed by atoms with Crippen LogP contribution in [0.1, 0.15) is 48.9 Å². The molecule has 1 atom stereocenters. The van der Waals surface area contributed by atoms with E-state index in [4.69, 9.17) is 11.6 Å². The molecule has 1 amide bonds. The second-order valence-electron chi connectivity index (χ2n) is 5.43. The van der Waals surface area contributed by atoms with E-state index in [0.29, 0.717) is 16.5 Å². The summed E-state index contributed by atoms with van der Waals surface area (Å²) in [5.74, 6) is 0.740. The number of amides is 1. The lowest BCUT2D eigenvalue weighted by atomic mass is 10.2. The second-order valence-corrected chi connectivity index (χ2v) is 5.84. The molecule has 6 heteroatoms. The van der Waals surface area contributed by atoms with Gasteiger partial charge in [-0.3, -0.25) is 4.79 Å². The smallest absolute Gasteiger partial charge is 0.274 e.